The van der Waals surface area contributed by atoms with Crippen LogP contribution in [0.2, 0.25) is 0 Å². The van der Waals surface area contributed by atoms with E-state index in [9.17, 15) is 9.18 Å². The van der Waals surface area contributed by atoms with E-state index in [0.717, 1.165) is 37.1 Å². The molecule has 0 aromatic heterocycles. The summed E-state index contributed by atoms with van der Waals surface area (Å²) in [6.45, 7) is 4.47. The Hall–Kier alpha value is -2.24. The number of hydrogen-bond acceptors (Lipinski definition) is 3. The highest BCUT2D eigenvalue weighted by Crippen LogP contribution is 2.34. The number of fused-ring (bicyclic) bond motifs is 1. The highest BCUT2D eigenvalue weighted by Gasteiger charge is 2.27. The molecule has 150 valence electrons. The minimum absolute atomic E-state index is 0.108. The van der Waals surface area contributed by atoms with Crippen molar-refractivity contribution in [3.63, 3.8) is 0 Å². The highest BCUT2D eigenvalue weighted by atomic mass is 19.1. The van der Waals surface area contributed by atoms with Crippen molar-refractivity contribution in [1.29, 1.82) is 0 Å². The van der Waals surface area contributed by atoms with Crippen LogP contribution in [-0.4, -0.2) is 37.1 Å². The fourth-order valence-corrected chi connectivity index (χ4v) is 3.84. The van der Waals surface area contributed by atoms with E-state index in [2.05, 4.69) is 13.0 Å². The Morgan fingerprint density at radius 3 is 2.57 bits per heavy atom. The Bertz CT molecular complexity index is 757. The molecule has 1 saturated heterocycles. The summed E-state index contributed by atoms with van der Waals surface area (Å²) in [6.07, 6.45) is 4.64. The van der Waals surface area contributed by atoms with E-state index < -0.39 is 0 Å². The third-order valence-electron chi connectivity index (χ3n) is 5.57. The minimum atomic E-state index is -0.259. The summed E-state index contributed by atoms with van der Waals surface area (Å²) in [5.74, 6) is 0.367. The first-order valence-corrected chi connectivity index (χ1v) is 9.98. The molecular formula is C23H29FN2O2. The number of hydrogen-bond donors (Lipinski definition) is 1. The smallest absolute Gasteiger partial charge is 0.210 e. The largest absolute Gasteiger partial charge is 0.378 e. The van der Waals surface area contributed by atoms with Crippen LogP contribution in [0.15, 0.2) is 48.5 Å². The zero-order chi connectivity index (χ0) is 19.9. The van der Waals surface area contributed by atoms with Gasteiger partial charge < -0.3 is 15.4 Å². The number of carbonyl (C=O) groups excluding carboxylic acids is 1. The molecular weight excluding hydrogens is 355 g/mol. The lowest BCUT2D eigenvalue weighted by Crippen LogP contribution is -2.34. The van der Waals surface area contributed by atoms with E-state index in [1.165, 1.54) is 30.5 Å². The van der Waals surface area contributed by atoms with Crippen molar-refractivity contribution in [2.24, 2.45) is 11.7 Å². The van der Waals surface area contributed by atoms with Crippen LogP contribution in [0.25, 0.3) is 0 Å². The number of amides is 1. The molecule has 5 heteroatoms. The molecule has 28 heavy (non-hydrogen) atoms. The van der Waals surface area contributed by atoms with Crippen molar-refractivity contribution >= 4 is 6.41 Å². The zero-order valence-electron chi connectivity index (χ0n) is 16.4. The SMILES string of the molecule is CC1CCC(CN)CO1.O=CN1CCc2ccccc2[C@@H]1c1ccc(F)cc1. The van der Waals surface area contributed by atoms with E-state index in [1.54, 1.807) is 17.0 Å². The van der Waals surface area contributed by atoms with Crippen LogP contribution in [0.1, 0.15) is 42.5 Å². The summed E-state index contributed by atoms with van der Waals surface area (Å²) in [5.41, 5.74) is 8.80. The minimum Gasteiger partial charge on any atom is -0.378 e. The second-order valence-corrected chi connectivity index (χ2v) is 7.57. The molecule has 0 bridgehead atoms. The van der Waals surface area contributed by atoms with Crippen molar-refractivity contribution in [2.45, 2.75) is 38.3 Å². The van der Waals surface area contributed by atoms with Crippen molar-refractivity contribution in [3.8, 4) is 0 Å². The number of carbonyl (C=O) groups is 1. The second kappa shape index (κ2) is 9.80. The van der Waals surface area contributed by atoms with Gasteiger partial charge in [-0.05, 0) is 67.5 Å². The third-order valence-corrected chi connectivity index (χ3v) is 5.57. The zero-order valence-corrected chi connectivity index (χ0v) is 16.4. The van der Waals surface area contributed by atoms with Crippen LogP contribution < -0.4 is 5.73 Å². The maximum Gasteiger partial charge on any atom is 0.210 e. The number of benzene rings is 2. The summed E-state index contributed by atoms with van der Waals surface area (Å²) >= 11 is 0. The molecule has 1 fully saturated rings. The lowest BCUT2D eigenvalue weighted by molar-refractivity contribution is -0.119. The van der Waals surface area contributed by atoms with Gasteiger partial charge in [-0.15, -0.1) is 0 Å². The topological polar surface area (TPSA) is 55.6 Å². The molecule has 0 spiro atoms. The van der Waals surface area contributed by atoms with Gasteiger partial charge in [0.15, 0.2) is 0 Å². The summed E-state index contributed by atoms with van der Waals surface area (Å²) in [5, 5.41) is 0. The van der Waals surface area contributed by atoms with E-state index in [-0.39, 0.29) is 11.9 Å². The fraction of sp³-hybridized carbons (Fsp3) is 0.435. The Morgan fingerprint density at radius 2 is 1.93 bits per heavy atom. The van der Waals surface area contributed by atoms with Gasteiger partial charge in [0.05, 0.1) is 18.8 Å². The van der Waals surface area contributed by atoms with Gasteiger partial charge >= 0.3 is 0 Å². The lowest BCUT2D eigenvalue weighted by Gasteiger charge is -2.35. The first-order chi connectivity index (χ1) is 13.6. The molecule has 0 saturated carbocycles. The molecule has 2 unspecified atom stereocenters. The lowest BCUT2D eigenvalue weighted by atomic mass is 9.88. The maximum absolute atomic E-state index is 13.0. The van der Waals surface area contributed by atoms with E-state index >= 15 is 0 Å². The van der Waals surface area contributed by atoms with Crippen LogP contribution in [0.4, 0.5) is 4.39 Å². The normalized spacial score (nSPS) is 24.0. The summed E-state index contributed by atoms with van der Waals surface area (Å²) < 4.78 is 18.4. The Labute approximate surface area is 166 Å². The van der Waals surface area contributed by atoms with Gasteiger partial charge in [0.25, 0.3) is 0 Å². The number of nitrogens with two attached hydrogens (primary N) is 1. The molecule has 3 atom stereocenters. The van der Waals surface area contributed by atoms with E-state index in [0.29, 0.717) is 18.6 Å². The average Bonchev–Trinajstić information content (AvgIpc) is 2.74. The molecule has 4 rings (SSSR count). The molecule has 0 radical (unpaired) electrons. The standard InChI is InChI=1S/C16H14FNO.C7H15NO/c17-14-7-5-13(6-8-14)16-15-4-2-1-3-12(15)9-10-18(16)11-19;1-6-2-3-7(4-8)5-9-6/h1-8,11,16H,9-10H2;6-7H,2-5,8H2,1H3/t16-;/m0./s1. The van der Waals surface area contributed by atoms with Gasteiger partial charge in [0.1, 0.15) is 5.82 Å². The molecule has 4 nitrogen and oxygen atoms in total. The monoisotopic (exact) mass is 384 g/mol. The second-order valence-electron chi connectivity index (χ2n) is 7.57. The molecule has 2 heterocycles. The third kappa shape index (κ3) is 4.97. The van der Waals surface area contributed by atoms with Crippen LogP contribution >= 0.6 is 0 Å². The predicted molar refractivity (Wildman–Crippen MR) is 108 cm³/mol. The Morgan fingerprint density at radius 1 is 1.18 bits per heavy atom. The Kier molecular flexibility index (Phi) is 7.18. The number of rotatable bonds is 3. The number of ether oxygens (including phenoxy) is 1. The Balaban J connectivity index is 0.000000211. The van der Waals surface area contributed by atoms with Gasteiger partial charge in [-0.25, -0.2) is 4.39 Å². The van der Waals surface area contributed by atoms with Crippen LogP contribution in [0.3, 0.4) is 0 Å². The van der Waals surface area contributed by atoms with Gasteiger partial charge in [-0.3, -0.25) is 4.79 Å². The molecule has 2 aliphatic heterocycles. The quantitative estimate of drug-likeness (QED) is 0.821. The van der Waals surface area contributed by atoms with Gasteiger partial charge in [0.2, 0.25) is 6.41 Å². The van der Waals surface area contributed by atoms with Crippen molar-refractivity contribution in [2.75, 3.05) is 19.7 Å². The number of nitrogens with zero attached hydrogens (tertiary/aromatic N) is 1. The van der Waals surface area contributed by atoms with Gasteiger partial charge in [-0.2, -0.15) is 0 Å². The molecule has 2 aromatic carbocycles. The molecule has 2 N–H and O–H groups in total. The van der Waals surface area contributed by atoms with Gasteiger partial charge in [0, 0.05) is 6.54 Å². The van der Waals surface area contributed by atoms with Crippen molar-refractivity contribution in [3.05, 3.63) is 71.0 Å². The average molecular weight is 384 g/mol. The van der Waals surface area contributed by atoms with E-state index in [4.69, 9.17) is 10.5 Å². The number of halogens is 1. The molecule has 0 aliphatic carbocycles. The molecule has 2 aliphatic rings. The van der Waals surface area contributed by atoms with Crippen LogP contribution in [0, 0.1) is 11.7 Å². The predicted octanol–water partition coefficient (Wildman–Crippen LogP) is 3.69. The summed E-state index contributed by atoms with van der Waals surface area (Å²) in [6, 6.07) is 14.4. The highest BCUT2D eigenvalue weighted by molar-refractivity contribution is 5.54. The molecule has 2 aromatic rings. The van der Waals surface area contributed by atoms with Crippen LogP contribution in [0.5, 0.6) is 0 Å². The van der Waals surface area contributed by atoms with Crippen LogP contribution in [-0.2, 0) is 16.0 Å². The first kappa shape index (κ1) is 20.5. The summed E-state index contributed by atoms with van der Waals surface area (Å²) in [7, 11) is 0. The van der Waals surface area contributed by atoms with Gasteiger partial charge in [-0.1, -0.05) is 36.4 Å². The van der Waals surface area contributed by atoms with E-state index in [1.807, 2.05) is 18.2 Å². The first-order valence-electron chi connectivity index (χ1n) is 9.98. The fourth-order valence-electron chi connectivity index (χ4n) is 3.84. The summed E-state index contributed by atoms with van der Waals surface area (Å²) in [4.78, 5) is 13.0. The maximum atomic E-state index is 13.0. The molecule has 1 amide bonds. The van der Waals surface area contributed by atoms with Crippen molar-refractivity contribution < 1.29 is 13.9 Å². The van der Waals surface area contributed by atoms with Crippen molar-refractivity contribution in [1.82, 2.24) is 4.90 Å².